The van der Waals surface area contributed by atoms with Crippen LogP contribution in [0.1, 0.15) is 70.3 Å². The van der Waals surface area contributed by atoms with E-state index in [1.165, 1.54) is 44.9 Å². The largest absolute Gasteiger partial charge is 0.756 e. The lowest BCUT2D eigenvalue weighted by Gasteiger charge is -2.25. The number of unbranched alkanes of at least 4 members (excludes halogenated alkanes) is 8. The van der Waals surface area contributed by atoms with Gasteiger partial charge in [-0.1, -0.05) is 88.6 Å². The number of nitrogens with zero attached hydrogens (tertiary/aromatic N) is 2. The normalized spacial score (nSPS) is 12.9. The number of carbonyl (C=O) groups excluding carboxylic acids is 1. The Hall–Kier alpha value is -1.48. The van der Waals surface area contributed by atoms with Crippen molar-refractivity contribution in [2.24, 2.45) is 0 Å². The average Bonchev–Trinajstić information content (AvgIpc) is 2.80. The minimum absolute atomic E-state index is 0.0147. The van der Waals surface area contributed by atoms with Gasteiger partial charge >= 0.3 is 6.09 Å². The van der Waals surface area contributed by atoms with E-state index in [2.05, 4.69) is 11.4 Å². The van der Waals surface area contributed by atoms with Gasteiger partial charge in [0, 0.05) is 13.1 Å². The Bertz CT molecular complexity index is 708. The zero-order valence-corrected chi connectivity index (χ0v) is 23.7. The standard InChI is InChI=1S/C21H35NO3.C5H14NO4P/c1-2-3-4-5-6-7-8-9-13-16-22(17-18-23)21(24)25-19-20-14-11-10-12-15-20;1-6(2,3)4-5-10-11(7,8)9/h10-12,14-15,23H,2-9,13,16-19H2,1H3;4-5H2,1-3H3,(H-,7,8,9). The number of likely N-dealkylation sites (N-methyl/N-ethyl adjacent to an activating group) is 1. The number of phosphoric acid groups is 1. The third kappa shape index (κ3) is 23.0. The molecule has 0 saturated heterocycles. The van der Waals surface area contributed by atoms with Gasteiger partial charge in [0.2, 0.25) is 0 Å². The van der Waals surface area contributed by atoms with Crippen LogP contribution in [0.5, 0.6) is 0 Å². The van der Waals surface area contributed by atoms with Crippen LogP contribution in [0, 0.1) is 0 Å². The molecular weight excluding hydrogens is 483 g/mol. The fraction of sp³-hybridized carbons (Fsp3) is 0.731. The van der Waals surface area contributed by atoms with Gasteiger partial charge in [-0.2, -0.15) is 0 Å². The second-order valence-electron chi connectivity index (χ2n) is 9.89. The second-order valence-corrected chi connectivity index (χ2v) is 11.1. The average molecular weight is 533 g/mol. The van der Waals surface area contributed by atoms with Gasteiger partial charge in [-0.05, 0) is 12.0 Å². The second kappa shape index (κ2) is 20.6. The molecule has 1 unspecified atom stereocenters. The zero-order valence-electron chi connectivity index (χ0n) is 22.8. The molecule has 2 N–H and O–H groups in total. The highest BCUT2D eigenvalue weighted by molar-refractivity contribution is 7.44. The number of amides is 1. The molecule has 1 aromatic carbocycles. The Labute approximate surface area is 218 Å². The van der Waals surface area contributed by atoms with Crippen LogP contribution in [0.3, 0.4) is 0 Å². The smallest absolute Gasteiger partial charge is 0.410 e. The molecule has 0 aliphatic rings. The van der Waals surface area contributed by atoms with Crippen LogP contribution < -0.4 is 4.89 Å². The fourth-order valence-corrected chi connectivity index (χ4v) is 3.58. The molecule has 1 atom stereocenters. The Morgan fingerprint density at radius 1 is 0.972 bits per heavy atom. The summed E-state index contributed by atoms with van der Waals surface area (Å²) in [5.74, 6) is 0. The highest BCUT2D eigenvalue weighted by Crippen LogP contribution is 2.29. The van der Waals surface area contributed by atoms with E-state index in [1.807, 2.05) is 51.5 Å². The molecule has 9 nitrogen and oxygen atoms in total. The summed E-state index contributed by atoms with van der Waals surface area (Å²) < 4.78 is 20.2. The minimum atomic E-state index is -4.51. The van der Waals surface area contributed by atoms with E-state index in [-0.39, 0.29) is 25.9 Å². The molecule has 1 rings (SSSR count). The number of benzene rings is 1. The van der Waals surface area contributed by atoms with Crippen molar-refractivity contribution in [1.82, 2.24) is 4.90 Å². The molecule has 0 heterocycles. The number of quaternary nitrogens is 1. The molecule has 10 heteroatoms. The van der Waals surface area contributed by atoms with Crippen molar-refractivity contribution in [2.45, 2.75) is 71.3 Å². The lowest BCUT2D eigenvalue weighted by atomic mass is 10.1. The predicted octanol–water partition coefficient (Wildman–Crippen LogP) is 4.32. The van der Waals surface area contributed by atoms with Crippen LogP contribution in [0.2, 0.25) is 0 Å². The van der Waals surface area contributed by atoms with E-state index < -0.39 is 7.82 Å². The van der Waals surface area contributed by atoms with Crippen molar-refractivity contribution >= 4 is 13.9 Å². The van der Waals surface area contributed by atoms with Crippen molar-refractivity contribution < 1.29 is 38.0 Å². The van der Waals surface area contributed by atoms with Crippen molar-refractivity contribution in [3.8, 4) is 0 Å². The molecule has 210 valence electrons. The SMILES string of the molecule is CCCCCCCCCCCN(CCO)C(=O)OCc1ccccc1.C[N+](C)(C)CCOP(=O)([O-])O. The summed E-state index contributed by atoms with van der Waals surface area (Å²) in [6, 6.07) is 9.66. The highest BCUT2D eigenvalue weighted by atomic mass is 31.2. The fourth-order valence-electron chi connectivity index (χ4n) is 3.27. The molecule has 1 amide bonds. The first-order valence-electron chi connectivity index (χ1n) is 13.0. The summed E-state index contributed by atoms with van der Waals surface area (Å²) in [5, 5.41) is 9.16. The monoisotopic (exact) mass is 532 g/mol. The number of aliphatic hydroxyl groups is 1. The zero-order chi connectivity index (χ0) is 27.3. The molecule has 1 aromatic rings. The number of rotatable bonds is 18. The first kappa shape index (κ1) is 34.5. The van der Waals surface area contributed by atoms with Crippen LogP contribution in [0.4, 0.5) is 4.79 Å². The summed E-state index contributed by atoms with van der Waals surface area (Å²) in [5.41, 5.74) is 0.975. The van der Waals surface area contributed by atoms with Gasteiger partial charge in [0.1, 0.15) is 19.8 Å². The van der Waals surface area contributed by atoms with Crippen molar-refractivity contribution in [2.75, 3.05) is 54.0 Å². The van der Waals surface area contributed by atoms with Crippen LogP contribution in [-0.4, -0.2) is 79.5 Å². The van der Waals surface area contributed by atoms with E-state index in [1.54, 1.807) is 4.90 Å². The van der Waals surface area contributed by atoms with Gasteiger partial charge in [0.15, 0.2) is 0 Å². The number of hydrogen-bond acceptors (Lipinski definition) is 6. The minimum Gasteiger partial charge on any atom is -0.756 e. The van der Waals surface area contributed by atoms with Gasteiger partial charge in [0.05, 0.1) is 27.7 Å². The maximum absolute atomic E-state index is 12.2. The summed E-state index contributed by atoms with van der Waals surface area (Å²) in [7, 11) is 1.19. The molecule has 0 fully saturated rings. The number of aliphatic hydroxyl groups excluding tert-OH is 1. The summed E-state index contributed by atoms with van der Waals surface area (Å²) in [6.45, 7) is 4.03. The quantitative estimate of drug-likeness (QED) is 0.164. The maximum Gasteiger partial charge on any atom is 0.410 e. The number of phosphoric ester groups is 1. The van der Waals surface area contributed by atoms with Crippen LogP contribution in [0.25, 0.3) is 0 Å². The van der Waals surface area contributed by atoms with Crippen LogP contribution in [-0.2, 0) is 20.4 Å². The van der Waals surface area contributed by atoms with Gasteiger partial charge < -0.3 is 33.5 Å². The van der Waals surface area contributed by atoms with Crippen molar-refractivity contribution in [3.05, 3.63) is 35.9 Å². The van der Waals surface area contributed by atoms with Gasteiger partial charge in [-0.15, -0.1) is 0 Å². The molecule has 0 spiro atoms. The van der Waals surface area contributed by atoms with E-state index in [0.717, 1.165) is 18.4 Å². The lowest BCUT2D eigenvalue weighted by Crippen LogP contribution is -2.37. The summed E-state index contributed by atoms with van der Waals surface area (Å²) >= 11 is 0. The van der Waals surface area contributed by atoms with Gasteiger partial charge in [0.25, 0.3) is 7.82 Å². The third-order valence-electron chi connectivity index (χ3n) is 5.38. The number of hydrogen-bond donors (Lipinski definition) is 2. The van der Waals surface area contributed by atoms with Gasteiger partial charge in [-0.25, -0.2) is 4.79 Å². The first-order chi connectivity index (χ1) is 17.0. The predicted molar refractivity (Wildman–Crippen MR) is 141 cm³/mol. The Morgan fingerprint density at radius 3 is 2.03 bits per heavy atom. The Kier molecular flexibility index (Phi) is 19.7. The topological polar surface area (TPSA) is 119 Å². The molecule has 0 aliphatic carbocycles. The van der Waals surface area contributed by atoms with Crippen molar-refractivity contribution in [3.63, 3.8) is 0 Å². The van der Waals surface area contributed by atoms with Crippen LogP contribution in [0.15, 0.2) is 30.3 Å². The van der Waals surface area contributed by atoms with Gasteiger partial charge in [-0.3, -0.25) is 4.57 Å². The molecule has 0 bridgehead atoms. The Morgan fingerprint density at radius 2 is 1.53 bits per heavy atom. The van der Waals surface area contributed by atoms with E-state index in [9.17, 15) is 14.3 Å². The number of ether oxygens (including phenoxy) is 1. The van der Waals surface area contributed by atoms with E-state index in [4.69, 9.17) is 14.7 Å². The van der Waals surface area contributed by atoms with Crippen molar-refractivity contribution in [1.29, 1.82) is 0 Å². The highest BCUT2D eigenvalue weighted by Gasteiger charge is 2.14. The molecular formula is C26H49N2O7P. The van der Waals surface area contributed by atoms with Crippen LogP contribution >= 0.6 is 7.82 Å². The number of carbonyl (C=O) groups is 1. The third-order valence-corrected chi connectivity index (χ3v) is 5.89. The molecule has 0 saturated carbocycles. The maximum atomic E-state index is 12.2. The Balaban J connectivity index is 0.000000935. The summed E-state index contributed by atoms with van der Waals surface area (Å²) in [4.78, 5) is 32.0. The molecule has 0 aromatic heterocycles. The molecule has 0 aliphatic heterocycles. The molecule has 36 heavy (non-hydrogen) atoms. The van der Waals surface area contributed by atoms with E-state index >= 15 is 0 Å². The first-order valence-corrected chi connectivity index (χ1v) is 14.5. The lowest BCUT2D eigenvalue weighted by molar-refractivity contribution is -0.870. The summed E-state index contributed by atoms with van der Waals surface area (Å²) in [6.07, 6.45) is 10.9. The molecule has 0 radical (unpaired) electrons. The van der Waals surface area contributed by atoms with E-state index in [0.29, 0.717) is 24.1 Å².